The number of carbonyl (C=O) groups excluding carboxylic acids is 1. The first-order valence-corrected chi connectivity index (χ1v) is 9.92. The zero-order chi connectivity index (χ0) is 21.9. The second-order valence-electron chi connectivity index (χ2n) is 7.04. The number of carbonyl (C=O) groups is 1. The molecule has 0 aliphatic carbocycles. The molecule has 4 aromatic rings. The second-order valence-corrected chi connectivity index (χ2v) is 7.96. The van der Waals surface area contributed by atoms with E-state index < -0.39 is 22.3 Å². The largest absolute Gasteiger partial charge is 0.450 e. The van der Waals surface area contributed by atoms with Crippen LogP contribution < -0.4 is 10.3 Å². The van der Waals surface area contributed by atoms with Gasteiger partial charge in [-0.1, -0.05) is 33.2 Å². The van der Waals surface area contributed by atoms with E-state index in [1.165, 1.54) is 23.1 Å². The van der Waals surface area contributed by atoms with Crippen LogP contribution in [0, 0.1) is 17.0 Å². The summed E-state index contributed by atoms with van der Waals surface area (Å²) in [5.74, 6) is -0.0707. The lowest BCUT2D eigenvalue weighted by Gasteiger charge is -2.22. The first-order valence-electron chi connectivity index (χ1n) is 9.12. The highest BCUT2D eigenvalue weighted by Crippen LogP contribution is 2.41. The van der Waals surface area contributed by atoms with Crippen molar-refractivity contribution in [3.05, 3.63) is 96.0 Å². The van der Waals surface area contributed by atoms with Gasteiger partial charge in [-0.05, 0) is 30.7 Å². The van der Waals surface area contributed by atoms with Crippen LogP contribution in [0.2, 0.25) is 0 Å². The average molecular weight is 482 g/mol. The van der Waals surface area contributed by atoms with E-state index in [1.54, 1.807) is 37.3 Å². The van der Waals surface area contributed by atoms with Crippen molar-refractivity contribution in [2.45, 2.75) is 13.0 Å². The number of benzene rings is 2. The summed E-state index contributed by atoms with van der Waals surface area (Å²) in [4.78, 5) is 38.9. The van der Waals surface area contributed by atoms with Crippen LogP contribution in [0.1, 0.15) is 33.5 Å². The Bertz CT molecular complexity index is 1460. The highest BCUT2D eigenvalue weighted by atomic mass is 79.9. The third-order valence-electron chi connectivity index (χ3n) is 5.09. The Morgan fingerprint density at radius 3 is 2.68 bits per heavy atom. The topological polar surface area (TPSA) is 120 Å². The zero-order valence-electron chi connectivity index (χ0n) is 15.9. The molecule has 0 radical (unpaired) electrons. The molecule has 0 bridgehead atoms. The highest BCUT2D eigenvalue weighted by molar-refractivity contribution is 9.10. The summed E-state index contributed by atoms with van der Waals surface area (Å²) >= 11 is 3.34. The number of anilines is 1. The third-order valence-corrected chi connectivity index (χ3v) is 5.58. The summed E-state index contributed by atoms with van der Waals surface area (Å²) in [6.45, 7) is 1.67. The van der Waals surface area contributed by atoms with Gasteiger partial charge in [0.2, 0.25) is 5.76 Å². The van der Waals surface area contributed by atoms with Crippen LogP contribution in [0.3, 0.4) is 0 Å². The standard InChI is InChI=1S/C21H12BrN3O6/c1-10-7-16(23-31-10)24-18(11-3-2-4-13(8-11)25(28)29)17-19(26)14-9-12(22)5-6-15(14)30-20(17)21(24)27/h2-9,18H,1H3/t18-/m0/s1. The van der Waals surface area contributed by atoms with E-state index in [1.807, 2.05) is 0 Å². The van der Waals surface area contributed by atoms with Crippen LogP contribution in [0.5, 0.6) is 0 Å². The summed E-state index contributed by atoms with van der Waals surface area (Å²) < 4.78 is 11.6. The number of rotatable bonds is 3. The molecule has 1 atom stereocenters. The molecule has 0 fully saturated rings. The van der Waals surface area contributed by atoms with Crippen molar-refractivity contribution < 1.29 is 18.7 Å². The lowest BCUT2D eigenvalue weighted by molar-refractivity contribution is -0.384. The van der Waals surface area contributed by atoms with Gasteiger partial charge in [0.25, 0.3) is 11.6 Å². The van der Waals surface area contributed by atoms with E-state index in [-0.39, 0.29) is 33.8 Å². The molecule has 2 aromatic heterocycles. The molecule has 9 nitrogen and oxygen atoms in total. The quantitative estimate of drug-likeness (QED) is 0.311. The SMILES string of the molecule is Cc1cc(N2C(=O)c3oc4ccc(Br)cc4c(=O)c3[C@@H]2c2cccc([N+](=O)[O-])c2)no1. The predicted octanol–water partition coefficient (Wildman–Crippen LogP) is 4.51. The van der Waals surface area contributed by atoms with E-state index in [4.69, 9.17) is 8.94 Å². The number of aromatic nitrogens is 1. The maximum absolute atomic E-state index is 13.5. The maximum Gasteiger partial charge on any atom is 0.296 e. The molecule has 0 saturated heterocycles. The molecular weight excluding hydrogens is 470 g/mol. The van der Waals surface area contributed by atoms with Crippen molar-refractivity contribution in [3.63, 3.8) is 0 Å². The molecule has 3 heterocycles. The van der Waals surface area contributed by atoms with Gasteiger partial charge >= 0.3 is 0 Å². The molecule has 1 aliphatic heterocycles. The fourth-order valence-electron chi connectivity index (χ4n) is 3.77. The van der Waals surface area contributed by atoms with E-state index >= 15 is 0 Å². The second kappa shape index (κ2) is 6.88. The Hall–Kier alpha value is -3.79. The van der Waals surface area contributed by atoms with Gasteiger partial charge in [0, 0.05) is 22.7 Å². The van der Waals surface area contributed by atoms with Gasteiger partial charge in [0.05, 0.1) is 21.9 Å². The van der Waals surface area contributed by atoms with Crippen molar-refractivity contribution in [2.75, 3.05) is 4.90 Å². The Labute approximate surface area is 182 Å². The van der Waals surface area contributed by atoms with E-state index in [0.29, 0.717) is 15.8 Å². The minimum Gasteiger partial charge on any atom is -0.450 e. The highest BCUT2D eigenvalue weighted by Gasteiger charge is 2.45. The van der Waals surface area contributed by atoms with Crippen LogP contribution in [-0.2, 0) is 0 Å². The molecule has 5 rings (SSSR count). The molecule has 0 saturated carbocycles. The number of fused-ring (bicyclic) bond motifs is 2. The van der Waals surface area contributed by atoms with Gasteiger partial charge in [-0.3, -0.25) is 24.6 Å². The maximum atomic E-state index is 13.5. The third kappa shape index (κ3) is 2.95. The van der Waals surface area contributed by atoms with Crippen LogP contribution in [0.15, 0.2) is 66.7 Å². The van der Waals surface area contributed by atoms with Gasteiger partial charge < -0.3 is 8.94 Å². The number of hydrogen-bond acceptors (Lipinski definition) is 7. The van der Waals surface area contributed by atoms with Crippen molar-refractivity contribution in [1.29, 1.82) is 0 Å². The molecule has 1 aliphatic rings. The summed E-state index contributed by atoms with van der Waals surface area (Å²) in [5, 5.41) is 15.5. The van der Waals surface area contributed by atoms with Gasteiger partial charge in [-0.15, -0.1) is 0 Å². The van der Waals surface area contributed by atoms with Gasteiger partial charge in [-0.2, -0.15) is 0 Å². The van der Waals surface area contributed by atoms with Crippen LogP contribution >= 0.6 is 15.9 Å². The number of amides is 1. The molecular formula is C21H12BrN3O6. The molecule has 0 N–H and O–H groups in total. The molecule has 31 heavy (non-hydrogen) atoms. The number of non-ortho nitro benzene ring substituents is 1. The van der Waals surface area contributed by atoms with Gasteiger partial charge in [-0.25, -0.2) is 0 Å². The number of nitro groups is 1. The zero-order valence-corrected chi connectivity index (χ0v) is 17.5. The molecule has 10 heteroatoms. The summed E-state index contributed by atoms with van der Waals surface area (Å²) in [6.07, 6.45) is 0. The number of nitro benzene ring substituents is 1. The van der Waals surface area contributed by atoms with E-state index in [0.717, 1.165) is 0 Å². The Morgan fingerprint density at radius 1 is 1.16 bits per heavy atom. The molecule has 0 unspecified atom stereocenters. The van der Waals surface area contributed by atoms with Crippen molar-refractivity contribution in [2.24, 2.45) is 0 Å². The summed E-state index contributed by atoms with van der Waals surface area (Å²) in [5.41, 5.74) is 0.171. The Balaban J connectivity index is 1.83. The lowest BCUT2D eigenvalue weighted by Crippen LogP contribution is -2.29. The number of nitrogens with zero attached hydrogens (tertiary/aromatic N) is 3. The Morgan fingerprint density at radius 2 is 1.97 bits per heavy atom. The normalized spacial score (nSPS) is 15.5. The lowest BCUT2D eigenvalue weighted by atomic mass is 9.98. The molecule has 154 valence electrons. The number of hydrogen-bond donors (Lipinski definition) is 0. The van der Waals surface area contributed by atoms with Crippen LogP contribution in [0.25, 0.3) is 11.0 Å². The van der Waals surface area contributed by atoms with Crippen LogP contribution in [-0.4, -0.2) is 16.0 Å². The fourth-order valence-corrected chi connectivity index (χ4v) is 4.13. The molecule has 1 amide bonds. The minimum atomic E-state index is -0.966. The fraction of sp³-hybridized carbons (Fsp3) is 0.0952. The van der Waals surface area contributed by atoms with Crippen LogP contribution in [0.4, 0.5) is 11.5 Å². The van der Waals surface area contributed by atoms with Crippen molar-refractivity contribution in [3.8, 4) is 0 Å². The van der Waals surface area contributed by atoms with E-state index in [2.05, 4.69) is 21.1 Å². The van der Waals surface area contributed by atoms with Crippen molar-refractivity contribution in [1.82, 2.24) is 5.16 Å². The van der Waals surface area contributed by atoms with E-state index in [9.17, 15) is 19.7 Å². The first kappa shape index (κ1) is 19.2. The number of aryl methyl sites for hydroxylation is 1. The summed E-state index contributed by atoms with van der Waals surface area (Å²) in [6, 6.07) is 11.3. The first-order chi connectivity index (χ1) is 14.8. The number of halogens is 1. The van der Waals surface area contributed by atoms with Crippen molar-refractivity contribution >= 4 is 44.3 Å². The molecule has 0 spiro atoms. The molecule has 2 aromatic carbocycles. The Kier molecular flexibility index (Phi) is 4.26. The van der Waals surface area contributed by atoms with Gasteiger partial charge in [0.15, 0.2) is 11.2 Å². The minimum absolute atomic E-state index is 0.0942. The predicted molar refractivity (Wildman–Crippen MR) is 113 cm³/mol. The average Bonchev–Trinajstić information content (AvgIpc) is 3.30. The van der Waals surface area contributed by atoms with Gasteiger partial charge in [0.1, 0.15) is 11.3 Å². The smallest absolute Gasteiger partial charge is 0.296 e. The summed E-state index contributed by atoms with van der Waals surface area (Å²) in [7, 11) is 0. The monoisotopic (exact) mass is 481 g/mol.